The molecule has 0 amide bonds. The maximum absolute atomic E-state index is 11.8. The Hall–Kier alpha value is -2.11. The number of rotatable bonds is 4. The highest BCUT2D eigenvalue weighted by atomic mass is 32.3. The quantitative estimate of drug-likeness (QED) is 0.852. The van der Waals surface area contributed by atoms with Crippen LogP contribution in [0.2, 0.25) is 0 Å². The number of hydrogen-bond acceptors (Lipinski definition) is 7. The number of hydrazine groups is 2. The lowest BCUT2D eigenvalue weighted by Crippen LogP contribution is -2.40. The zero-order chi connectivity index (χ0) is 16.3. The van der Waals surface area contributed by atoms with Crippen molar-refractivity contribution in [1.82, 2.24) is 5.12 Å². The fourth-order valence-corrected chi connectivity index (χ4v) is 2.41. The SMILES string of the molecule is CN1Nc2cc(C#N)ccc2N1OC(=O)OCCS(C)(C)C. The topological polar surface area (TPSA) is 77.8 Å². The van der Waals surface area contributed by atoms with Gasteiger partial charge in [0.25, 0.3) is 0 Å². The molecule has 22 heavy (non-hydrogen) atoms. The number of carbonyl (C=O) groups is 1. The van der Waals surface area contributed by atoms with Gasteiger partial charge in [-0.1, -0.05) is 0 Å². The molecule has 0 radical (unpaired) electrons. The van der Waals surface area contributed by atoms with Crippen LogP contribution in [-0.4, -0.2) is 49.4 Å². The molecule has 0 unspecified atom stereocenters. The summed E-state index contributed by atoms with van der Waals surface area (Å²) in [6, 6.07) is 7.11. The van der Waals surface area contributed by atoms with Crippen molar-refractivity contribution in [3.05, 3.63) is 23.8 Å². The Bertz CT molecular complexity index is 609. The first-order valence-electron chi connectivity index (χ1n) is 6.65. The first-order chi connectivity index (χ1) is 10.3. The highest BCUT2D eigenvalue weighted by Gasteiger charge is 2.28. The Labute approximate surface area is 131 Å². The van der Waals surface area contributed by atoms with Crippen LogP contribution in [0.4, 0.5) is 16.2 Å². The van der Waals surface area contributed by atoms with E-state index in [1.54, 1.807) is 25.2 Å². The number of hydrogen-bond donors (Lipinski definition) is 1. The van der Waals surface area contributed by atoms with Gasteiger partial charge in [0.05, 0.1) is 17.3 Å². The molecule has 1 aromatic carbocycles. The van der Waals surface area contributed by atoms with E-state index in [0.29, 0.717) is 23.5 Å². The van der Waals surface area contributed by atoms with E-state index in [1.807, 2.05) is 0 Å². The molecular weight excluding hydrogens is 304 g/mol. The van der Waals surface area contributed by atoms with Gasteiger partial charge in [-0.2, -0.15) is 5.26 Å². The van der Waals surface area contributed by atoms with Crippen LogP contribution in [0, 0.1) is 11.3 Å². The minimum Gasteiger partial charge on any atom is -0.432 e. The number of anilines is 2. The summed E-state index contributed by atoms with van der Waals surface area (Å²) in [7, 11) is 0.979. The molecule has 8 heteroatoms. The van der Waals surface area contributed by atoms with Gasteiger partial charge in [0, 0.05) is 12.8 Å². The van der Waals surface area contributed by atoms with Gasteiger partial charge >= 0.3 is 6.16 Å². The number of carbonyl (C=O) groups excluding carboxylic acids is 1. The molecule has 0 bridgehead atoms. The summed E-state index contributed by atoms with van der Waals surface area (Å²) in [4.78, 5) is 17.0. The summed E-state index contributed by atoms with van der Waals surface area (Å²) in [5.74, 6) is 0.832. The number of benzene rings is 1. The largest absolute Gasteiger partial charge is 0.534 e. The maximum atomic E-state index is 11.8. The summed E-state index contributed by atoms with van der Waals surface area (Å²) in [6.07, 6.45) is 5.71. The van der Waals surface area contributed by atoms with E-state index in [-0.39, 0.29) is 0 Å². The molecule has 0 fully saturated rings. The van der Waals surface area contributed by atoms with Crippen molar-refractivity contribution in [3.8, 4) is 6.07 Å². The normalized spacial score (nSPS) is 14.8. The Morgan fingerprint density at radius 3 is 2.77 bits per heavy atom. The standard InChI is InChI=1S/C14H20N4O3S/c1-17-16-12-9-11(10-15)5-6-13(12)18(17)21-14(19)20-7-8-22(2,3)4/h5-6,9,16H,7-8H2,1-4H3. The van der Waals surface area contributed by atoms with Crippen LogP contribution in [0.1, 0.15) is 5.56 Å². The summed E-state index contributed by atoms with van der Waals surface area (Å²) >= 11 is 0. The van der Waals surface area contributed by atoms with Crippen LogP contribution >= 0.6 is 10.0 Å². The Morgan fingerprint density at radius 1 is 1.41 bits per heavy atom. The van der Waals surface area contributed by atoms with Gasteiger partial charge in [-0.15, -0.1) is 10.3 Å². The second-order valence-corrected chi connectivity index (χ2v) is 10.3. The molecule has 1 aromatic rings. The summed E-state index contributed by atoms with van der Waals surface area (Å²) in [5.41, 5.74) is 4.84. The molecule has 0 aromatic heterocycles. The van der Waals surface area contributed by atoms with Crippen LogP contribution in [0.15, 0.2) is 18.2 Å². The van der Waals surface area contributed by atoms with Gasteiger partial charge < -0.3 is 4.74 Å². The summed E-state index contributed by atoms with van der Waals surface area (Å²) in [6.45, 7) is 0.336. The van der Waals surface area contributed by atoms with E-state index in [1.165, 1.54) is 10.3 Å². The first-order valence-corrected chi connectivity index (χ1v) is 9.68. The first kappa shape index (κ1) is 16.3. The lowest BCUT2D eigenvalue weighted by molar-refractivity contribution is 0.0132. The van der Waals surface area contributed by atoms with Crippen LogP contribution in [0.5, 0.6) is 0 Å². The van der Waals surface area contributed by atoms with Gasteiger partial charge in [0.1, 0.15) is 12.3 Å². The van der Waals surface area contributed by atoms with Gasteiger partial charge in [0.2, 0.25) is 0 Å². The number of nitriles is 1. The molecule has 1 aliphatic rings. The molecule has 120 valence electrons. The highest BCUT2D eigenvalue weighted by molar-refractivity contribution is 8.32. The van der Waals surface area contributed by atoms with Crippen molar-refractivity contribution >= 4 is 27.6 Å². The Balaban J connectivity index is 1.97. The lowest BCUT2D eigenvalue weighted by Gasteiger charge is -2.25. The number of nitrogens with zero attached hydrogens (tertiary/aromatic N) is 3. The molecule has 1 aliphatic heterocycles. The van der Waals surface area contributed by atoms with Gasteiger partial charge in [-0.25, -0.2) is 14.8 Å². The molecule has 0 aliphatic carbocycles. The van der Waals surface area contributed by atoms with Crippen molar-refractivity contribution in [3.63, 3.8) is 0 Å². The van der Waals surface area contributed by atoms with Crippen molar-refractivity contribution in [2.45, 2.75) is 0 Å². The molecule has 7 nitrogen and oxygen atoms in total. The molecular formula is C14H20N4O3S. The average molecular weight is 324 g/mol. The Kier molecular flexibility index (Phi) is 4.68. The molecule has 0 saturated heterocycles. The number of ether oxygens (including phenoxy) is 1. The zero-order valence-corrected chi connectivity index (χ0v) is 13.9. The molecule has 1 N–H and O–H groups in total. The van der Waals surface area contributed by atoms with E-state index in [2.05, 4.69) is 30.3 Å². The molecule has 0 saturated carbocycles. The molecule has 0 atom stereocenters. The van der Waals surface area contributed by atoms with E-state index in [0.717, 1.165) is 5.75 Å². The average Bonchev–Trinajstić information content (AvgIpc) is 2.72. The second-order valence-electron chi connectivity index (χ2n) is 5.74. The highest BCUT2D eigenvalue weighted by Crippen LogP contribution is 2.35. The lowest BCUT2D eigenvalue weighted by atomic mass is 10.2. The third-order valence-electron chi connectivity index (χ3n) is 2.96. The second kappa shape index (κ2) is 6.34. The van der Waals surface area contributed by atoms with Crippen molar-refractivity contribution in [1.29, 1.82) is 5.26 Å². The third kappa shape index (κ3) is 3.96. The maximum Gasteiger partial charge on any atom is 0.534 e. The van der Waals surface area contributed by atoms with Crippen LogP contribution in [0.3, 0.4) is 0 Å². The zero-order valence-electron chi connectivity index (χ0n) is 13.1. The predicted molar refractivity (Wildman–Crippen MR) is 87.7 cm³/mol. The number of nitrogens with one attached hydrogen (secondary N) is 1. The monoisotopic (exact) mass is 324 g/mol. The van der Waals surface area contributed by atoms with E-state index in [9.17, 15) is 4.79 Å². The smallest absolute Gasteiger partial charge is 0.432 e. The molecule has 1 heterocycles. The van der Waals surface area contributed by atoms with Gasteiger partial charge in [-0.3, -0.25) is 10.3 Å². The van der Waals surface area contributed by atoms with Gasteiger partial charge in [-0.05, 0) is 37.0 Å². The van der Waals surface area contributed by atoms with Crippen molar-refractivity contribution in [2.75, 3.05) is 48.8 Å². The molecule has 0 spiro atoms. The Morgan fingerprint density at radius 2 is 2.14 bits per heavy atom. The van der Waals surface area contributed by atoms with E-state index in [4.69, 9.17) is 14.8 Å². The minimum absolute atomic E-state index is 0.336. The van der Waals surface area contributed by atoms with Crippen LogP contribution < -0.4 is 10.6 Å². The van der Waals surface area contributed by atoms with Crippen LogP contribution in [-0.2, 0) is 9.57 Å². The fourth-order valence-electron chi connectivity index (χ4n) is 1.83. The number of fused-ring (bicyclic) bond motifs is 1. The van der Waals surface area contributed by atoms with E-state index >= 15 is 0 Å². The predicted octanol–water partition coefficient (Wildman–Crippen LogP) is 2.31. The van der Waals surface area contributed by atoms with Crippen LogP contribution in [0.25, 0.3) is 0 Å². The van der Waals surface area contributed by atoms with Crippen molar-refractivity contribution < 1.29 is 14.4 Å². The summed E-state index contributed by atoms with van der Waals surface area (Å²) in [5, 5.41) is 11.7. The van der Waals surface area contributed by atoms with Gasteiger partial charge in [0.15, 0.2) is 0 Å². The van der Waals surface area contributed by atoms with Crippen molar-refractivity contribution in [2.24, 2.45) is 0 Å². The van der Waals surface area contributed by atoms with E-state index < -0.39 is 16.2 Å². The fraction of sp³-hybridized carbons (Fsp3) is 0.429. The third-order valence-corrected chi connectivity index (χ3v) is 4.35. The molecule has 2 rings (SSSR count). The summed E-state index contributed by atoms with van der Waals surface area (Å²) < 4.78 is 5.10. The minimum atomic E-state index is -0.755.